The minimum Gasteiger partial charge on any atom is -0.481 e. The molecule has 0 aliphatic heterocycles. The Kier molecular flexibility index (Phi) is 4.62. The maximum Gasteiger partial charge on any atom is 0.313 e. The highest BCUT2D eigenvalue weighted by Gasteiger charge is 2.19. The van der Waals surface area contributed by atoms with Crippen LogP contribution in [0.3, 0.4) is 0 Å². The topological polar surface area (TPSA) is 68.0 Å². The number of nitrogens with zero attached hydrogens (tertiary/aromatic N) is 3. The van der Waals surface area contributed by atoms with E-state index in [-0.39, 0.29) is 17.5 Å². The molecule has 1 heterocycles. The number of carboxylic acids is 1. The van der Waals surface area contributed by atoms with Crippen molar-refractivity contribution in [1.82, 2.24) is 14.8 Å². The van der Waals surface area contributed by atoms with E-state index < -0.39 is 5.97 Å². The van der Waals surface area contributed by atoms with Crippen molar-refractivity contribution in [2.24, 2.45) is 0 Å². The lowest BCUT2D eigenvalue weighted by molar-refractivity contribution is -0.133. The summed E-state index contributed by atoms with van der Waals surface area (Å²) in [6.07, 6.45) is 0. The molecule has 1 N–H and O–H groups in total. The monoisotopic (exact) mass is 309 g/mol. The zero-order chi connectivity index (χ0) is 15.6. The molecule has 112 valence electrons. The maximum atomic E-state index is 13.8. The molecule has 0 saturated heterocycles. The van der Waals surface area contributed by atoms with Gasteiger partial charge in [-0.1, -0.05) is 31.7 Å². The van der Waals surface area contributed by atoms with Gasteiger partial charge in [0.1, 0.15) is 11.6 Å². The van der Waals surface area contributed by atoms with Crippen LogP contribution in [0.2, 0.25) is 0 Å². The van der Waals surface area contributed by atoms with Crippen LogP contribution in [0.15, 0.2) is 23.4 Å². The lowest BCUT2D eigenvalue weighted by Gasteiger charge is -2.14. The predicted octanol–water partition coefficient (Wildman–Crippen LogP) is 3.01. The van der Waals surface area contributed by atoms with Crippen molar-refractivity contribution in [1.29, 1.82) is 0 Å². The molecule has 2 aromatic rings. The summed E-state index contributed by atoms with van der Waals surface area (Å²) in [5, 5.41) is 17.4. The summed E-state index contributed by atoms with van der Waals surface area (Å²) in [6.45, 7) is 5.60. The largest absolute Gasteiger partial charge is 0.481 e. The van der Waals surface area contributed by atoms with Crippen LogP contribution in [-0.4, -0.2) is 31.6 Å². The third-order valence-electron chi connectivity index (χ3n) is 2.98. The van der Waals surface area contributed by atoms with Crippen LogP contribution < -0.4 is 0 Å². The van der Waals surface area contributed by atoms with Gasteiger partial charge in [-0.15, -0.1) is 10.2 Å². The molecule has 21 heavy (non-hydrogen) atoms. The van der Waals surface area contributed by atoms with Crippen LogP contribution >= 0.6 is 11.8 Å². The molecule has 0 aliphatic carbocycles. The van der Waals surface area contributed by atoms with E-state index in [1.807, 2.05) is 13.8 Å². The fourth-order valence-electron chi connectivity index (χ4n) is 1.94. The second kappa shape index (κ2) is 6.26. The predicted molar refractivity (Wildman–Crippen MR) is 78.5 cm³/mol. The molecule has 0 spiro atoms. The second-order valence-corrected chi connectivity index (χ2v) is 5.84. The summed E-state index contributed by atoms with van der Waals surface area (Å²) in [6, 6.07) is 4.79. The van der Waals surface area contributed by atoms with Gasteiger partial charge in [0.2, 0.25) is 0 Å². The van der Waals surface area contributed by atoms with Gasteiger partial charge in [0, 0.05) is 11.5 Å². The highest BCUT2D eigenvalue weighted by atomic mass is 32.2. The molecule has 0 aliphatic rings. The molecule has 7 heteroatoms. The van der Waals surface area contributed by atoms with E-state index in [1.54, 1.807) is 23.6 Å². The normalized spacial score (nSPS) is 11.1. The summed E-state index contributed by atoms with van der Waals surface area (Å²) in [5.41, 5.74) is 1.12. The maximum absolute atomic E-state index is 13.8. The van der Waals surface area contributed by atoms with Crippen molar-refractivity contribution < 1.29 is 14.3 Å². The molecule has 5 nitrogen and oxygen atoms in total. The third kappa shape index (κ3) is 3.24. The van der Waals surface area contributed by atoms with E-state index in [4.69, 9.17) is 5.11 Å². The van der Waals surface area contributed by atoms with E-state index >= 15 is 0 Å². The van der Waals surface area contributed by atoms with Crippen molar-refractivity contribution >= 4 is 17.7 Å². The van der Waals surface area contributed by atoms with E-state index in [1.165, 1.54) is 6.07 Å². The quantitative estimate of drug-likeness (QED) is 0.860. The highest BCUT2D eigenvalue weighted by molar-refractivity contribution is 7.99. The Hall–Kier alpha value is -1.89. The number of carbonyl (C=O) groups is 1. The number of hydrogen-bond donors (Lipinski definition) is 1. The fraction of sp³-hybridized carbons (Fsp3) is 0.357. The molecule has 0 bridgehead atoms. The fourth-order valence-corrected chi connectivity index (χ4v) is 2.61. The van der Waals surface area contributed by atoms with Gasteiger partial charge in [0.15, 0.2) is 5.16 Å². The van der Waals surface area contributed by atoms with Crippen molar-refractivity contribution in [2.75, 3.05) is 5.75 Å². The number of thioether (sulfide) groups is 1. The average Bonchev–Trinajstić information content (AvgIpc) is 2.83. The Morgan fingerprint density at radius 1 is 1.43 bits per heavy atom. The molecular formula is C14H16FN3O2S. The van der Waals surface area contributed by atoms with Gasteiger partial charge in [-0.05, 0) is 19.1 Å². The standard InChI is InChI=1S/C14H16FN3O2S/c1-8(2)13-16-17-14(21-7-12(19)20)18(13)11-6-4-5-10(15)9(11)3/h4-6,8H,7H2,1-3H3,(H,19,20). The highest BCUT2D eigenvalue weighted by Crippen LogP contribution is 2.28. The van der Waals surface area contributed by atoms with Crippen molar-refractivity contribution in [2.45, 2.75) is 31.8 Å². The molecule has 0 radical (unpaired) electrons. The van der Waals surface area contributed by atoms with Crippen molar-refractivity contribution in [3.8, 4) is 5.69 Å². The zero-order valence-electron chi connectivity index (χ0n) is 12.0. The number of carboxylic acid groups (broad SMARTS) is 1. The first-order valence-electron chi connectivity index (χ1n) is 6.47. The average molecular weight is 309 g/mol. The minimum absolute atomic E-state index is 0.0827. The smallest absolute Gasteiger partial charge is 0.313 e. The molecular weight excluding hydrogens is 293 g/mol. The lowest BCUT2D eigenvalue weighted by atomic mass is 10.1. The molecule has 0 saturated carbocycles. The lowest BCUT2D eigenvalue weighted by Crippen LogP contribution is -2.08. The molecule has 0 atom stereocenters. The molecule has 2 rings (SSSR count). The minimum atomic E-state index is -0.934. The summed E-state index contributed by atoms with van der Waals surface area (Å²) >= 11 is 1.07. The van der Waals surface area contributed by atoms with E-state index in [0.29, 0.717) is 22.2 Å². The number of aliphatic carboxylic acids is 1. The van der Waals surface area contributed by atoms with Gasteiger partial charge in [0.05, 0.1) is 11.4 Å². The Bertz CT molecular complexity index is 670. The third-order valence-corrected chi connectivity index (χ3v) is 3.89. The van der Waals surface area contributed by atoms with Crippen LogP contribution in [0.1, 0.15) is 31.2 Å². The second-order valence-electron chi connectivity index (χ2n) is 4.90. The van der Waals surface area contributed by atoms with Gasteiger partial charge >= 0.3 is 5.97 Å². The Morgan fingerprint density at radius 3 is 2.76 bits per heavy atom. The van der Waals surface area contributed by atoms with Crippen LogP contribution in [-0.2, 0) is 4.79 Å². The van der Waals surface area contributed by atoms with Crippen LogP contribution in [0, 0.1) is 12.7 Å². The van der Waals surface area contributed by atoms with Crippen molar-refractivity contribution in [3.05, 3.63) is 35.4 Å². The van der Waals surface area contributed by atoms with Gasteiger partial charge in [-0.3, -0.25) is 9.36 Å². The van der Waals surface area contributed by atoms with Gasteiger partial charge < -0.3 is 5.11 Å². The zero-order valence-corrected chi connectivity index (χ0v) is 12.8. The summed E-state index contributed by atoms with van der Waals surface area (Å²) in [4.78, 5) is 10.7. The molecule has 0 amide bonds. The summed E-state index contributed by atoms with van der Waals surface area (Å²) in [5.74, 6) is -0.609. The first kappa shape index (κ1) is 15.5. The SMILES string of the molecule is Cc1c(F)cccc1-n1c(SCC(=O)O)nnc1C(C)C. The molecule has 0 unspecified atom stereocenters. The number of halogens is 1. The number of rotatable bonds is 5. The molecule has 0 fully saturated rings. The van der Waals surface area contributed by atoms with E-state index in [0.717, 1.165) is 11.8 Å². The molecule has 1 aromatic heterocycles. The number of hydrogen-bond acceptors (Lipinski definition) is 4. The van der Waals surface area contributed by atoms with Gasteiger partial charge in [0.25, 0.3) is 0 Å². The van der Waals surface area contributed by atoms with Gasteiger partial charge in [-0.25, -0.2) is 4.39 Å². The van der Waals surface area contributed by atoms with Crippen LogP contribution in [0.25, 0.3) is 5.69 Å². The first-order chi connectivity index (χ1) is 9.91. The molecule has 1 aromatic carbocycles. The first-order valence-corrected chi connectivity index (χ1v) is 7.45. The van der Waals surface area contributed by atoms with Crippen LogP contribution in [0.4, 0.5) is 4.39 Å². The number of benzene rings is 1. The van der Waals surface area contributed by atoms with E-state index in [2.05, 4.69) is 10.2 Å². The Labute approximate surface area is 126 Å². The van der Waals surface area contributed by atoms with Gasteiger partial charge in [-0.2, -0.15) is 0 Å². The summed E-state index contributed by atoms with van der Waals surface area (Å²) in [7, 11) is 0. The Morgan fingerprint density at radius 2 is 2.14 bits per heavy atom. The van der Waals surface area contributed by atoms with E-state index in [9.17, 15) is 9.18 Å². The van der Waals surface area contributed by atoms with Crippen LogP contribution in [0.5, 0.6) is 0 Å². The Balaban J connectivity index is 2.55. The van der Waals surface area contributed by atoms with Crippen molar-refractivity contribution in [3.63, 3.8) is 0 Å². The number of aromatic nitrogens is 3. The summed E-state index contributed by atoms with van der Waals surface area (Å²) < 4.78 is 15.5.